The summed E-state index contributed by atoms with van der Waals surface area (Å²) in [6.07, 6.45) is 2.02. The van der Waals surface area contributed by atoms with Gasteiger partial charge in [0.25, 0.3) is 5.91 Å². The number of aryl methyl sites for hydroxylation is 1. The van der Waals surface area contributed by atoms with E-state index in [1.807, 2.05) is 25.1 Å². The molecule has 2 rings (SSSR count). The molecule has 1 aromatic carbocycles. The number of rotatable bonds is 4. The van der Waals surface area contributed by atoms with E-state index in [4.69, 9.17) is 5.11 Å². The van der Waals surface area contributed by atoms with Crippen molar-refractivity contribution in [3.8, 4) is 0 Å². The number of anilines is 1. The van der Waals surface area contributed by atoms with Crippen LogP contribution in [-0.4, -0.2) is 22.6 Å². The first-order valence-corrected chi connectivity index (χ1v) is 7.03. The van der Waals surface area contributed by atoms with E-state index in [2.05, 4.69) is 26.2 Å². The lowest BCUT2D eigenvalue weighted by molar-refractivity contribution is 0.102. The Morgan fingerprint density at radius 3 is 2.85 bits per heavy atom. The summed E-state index contributed by atoms with van der Waals surface area (Å²) in [4.78, 5) is 16.3. The van der Waals surface area contributed by atoms with E-state index in [1.54, 1.807) is 18.3 Å². The number of aliphatic hydroxyl groups excluding tert-OH is 1. The summed E-state index contributed by atoms with van der Waals surface area (Å²) < 4.78 is 1.00. The van der Waals surface area contributed by atoms with Crippen LogP contribution in [-0.2, 0) is 6.42 Å². The van der Waals surface area contributed by atoms with Crippen molar-refractivity contribution in [2.75, 3.05) is 11.9 Å². The molecule has 1 amide bonds. The lowest BCUT2D eigenvalue weighted by atomic mass is 10.1. The number of halogens is 1. The Balaban J connectivity index is 2.15. The fourth-order valence-corrected chi connectivity index (χ4v) is 2.04. The Hall–Kier alpha value is -1.72. The summed E-state index contributed by atoms with van der Waals surface area (Å²) in [7, 11) is 0. The minimum atomic E-state index is -0.187. The lowest BCUT2D eigenvalue weighted by Crippen LogP contribution is -2.12. The summed E-state index contributed by atoms with van der Waals surface area (Å²) in [5, 5.41) is 11.7. The minimum absolute atomic E-state index is 0.0178. The molecule has 0 atom stereocenters. The van der Waals surface area contributed by atoms with Crippen LogP contribution in [0.3, 0.4) is 0 Å². The normalized spacial score (nSPS) is 10.3. The summed E-state index contributed by atoms with van der Waals surface area (Å²) in [5.74, 6) is -0.187. The van der Waals surface area contributed by atoms with E-state index >= 15 is 0 Å². The number of benzene rings is 1. The van der Waals surface area contributed by atoms with E-state index in [1.165, 1.54) is 0 Å². The topological polar surface area (TPSA) is 62.2 Å². The highest BCUT2D eigenvalue weighted by atomic mass is 79.9. The second kappa shape index (κ2) is 6.63. The van der Waals surface area contributed by atoms with Crippen molar-refractivity contribution in [3.63, 3.8) is 0 Å². The third-order valence-corrected chi connectivity index (χ3v) is 3.75. The van der Waals surface area contributed by atoms with Crippen LogP contribution < -0.4 is 5.32 Å². The van der Waals surface area contributed by atoms with Crippen LogP contribution in [0.25, 0.3) is 0 Å². The number of hydrogen-bond acceptors (Lipinski definition) is 3. The number of carbonyl (C=O) groups is 1. The molecule has 4 nitrogen and oxygen atoms in total. The third kappa shape index (κ3) is 3.65. The zero-order valence-electron chi connectivity index (χ0n) is 11.1. The van der Waals surface area contributed by atoms with E-state index in [0.717, 1.165) is 15.7 Å². The van der Waals surface area contributed by atoms with Crippen molar-refractivity contribution in [1.82, 2.24) is 4.98 Å². The number of carbonyl (C=O) groups excluding carboxylic acids is 1. The van der Waals surface area contributed by atoms with Gasteiger partial charge in [-0.15, -0.1) is 0 Å². The molecule has 0 bridgehead atoms. The second-order valence-corrected chi connectivity index (χ2v) is 5.28. The SMILES string of the molecule is Cc1cc(NC(=O)c2ccnc(CCO)c2)ccc1Br. The molecule has 5 heteroatoms. The molecule has 2 aromatic rings. The smallest absolute Gasteiger partial charge is 0.255 e. The number of pyridine rings is 1. The number of aliphatic hydroxyl groups is 1. The molecule has 104 valence electrons. The first-order chi connectivity index (χ1) is 9.60. The Labute approximate surface area is 126 Å². The predicted octanol–water partition coefficient (Wildman–Crippen LogP) is 2.94. The largest absolute Gasteiger partial charge is 0.396 e. The molecule has 0 saturated carbocycles. The Morgan fingerprint density at radius 2 is 2.15 bits per heavy atom. The standard InChI is InChI=1S/C15H15BrN2O2/c1-10-8-13(2-3-14(10)16)18-15(20)11-4-6-17-12(9-11)5-7-19/h2-4,6,8-9,19H,5,7H2,1H3,(H,18,20). The van der Waals surface area contributed by atoms with Crippen LogP contribution in [0.2, 0.25) is 0 Å². The quantitative estimate of drug-likeness (QED) is 0.903. The average molecular weight is 335 g/mol. The molecule has 0 aliphatic rings. The van der Waals surface area contributed by atoms with E-state index in [-0.39, 0.29) is 12.5 Å². The van der Waals surface area contributed by atoms with Crippen LogP contribution in [0.5, 0.6) is 0 Å². The number of aromatic nitrogens is 1. The van der Waals surface area contributed by atoms with Gasteiger partial charge in [0, 0.05) is 40.6 Å². The van der Waals surface area contributed by atoms with E-state index in [9.17, 15) is 4.79 Å². The molecule has 20 heavy (non-hydrogen) atoms. The molecule has 0 spiro atoms. The lowest BCUT2D eigenvalue weighted by Gasteiger charge is -2.08. The van der Waals surface area contributed by atoms with Gasteiger partial charge in [-0.3, -0.25) is 9.78 Å². The predicted molar refractivity (Wildman–Crippen MR) is 81.9 cm³/mol. The molecule has 2 N–H and O–H groups in total. The molecular formula is C15H15BrN2O2. The fourth-order valence-electron chi connectivity index (χ4n) is 1.80. The van der Waals surface area contributed by atoms with Crippen LogP contribution in [0.15, 0.2) is 41.0 Å². The maximum Gasteiger partial charge on any atom is 0.255 e. The minimum Gasteiger partial charge on any atom is -0.396 e. The average Bonchev–Trinajstić information content (AvgIpc) is 2.43. The van der Waals surface area contributed by atoms with Crippen LogP contribution in [0.1, 0.15) is 21.6 Å². The molecule has 0 aliphatic carbocycles. The Kier molecular flexibility index (Phi) is 4.87. The Bertz CT molecular complexity index is 629. The van der Waals surface area contributed by atoms with Gasteiger partial charge < -0.3 is 10.4 Å². The molecule has 1 aromatic heterocycles. The van der Waals surface area contributed by atoms with Gasteiger partial charge in [-0.1, -0.05) is 15.9 Å². The maximum atomic E-state index is 12.2. The van der Waals surface area contributed by atoms with E-state index in [0.29, 0.717) is 17.7 Å². The molecular weight excluding hydrogens is 320 g/mol. The van der Waals surface area contributed by atoms with E-state index < -0.39 is 0 Å². The maximum absolute atomic E-state index is 12.2. The first kappa shape index (κ1) is 14.7. The Morgan fingerprint density at radius 1 is 1.35 bits per heavy atom. The molecule has 0 aliphatic heterocycles. The van der Waals surface area contributed by atoms with Gasteiger partial charge in [-0.25, -0.2) is 0 Å². The van der Waals surface area contributed by atoms with Gasteiger partial charge in [-0.2, -0.15) is 0 Å². The molecule has 0 saturated heterocycles. The van der Waals surface area contributed by atoms with Gasteiger partial charge in [0.1, 0.15) is 0 Å². The van der Waals surface area contributed by atoms with Gasteiger partial charge in [0.05, 0.1) is 0 Å². The highest BCUT2D eigenvalue weighted by Crippen LogP contribution is 2.20. The van der Waals surface area contributed by atoms with Crippen molar-refractivity contribution in [2.24, 2.45) is 0 Å². The highest BCUT2D eigenvalue weighted by molar-refractivity contribution is 9.10. The second-order valence-electron chi connectivity index (χ2n) is 4.43. The van der Waals surface area contributed by atoms with Gasteiger partial charge in [0.2, 0.25) is 0 Å². The zero-order chi connectivity index (χ0) is 14.5. The number of nitrogens with one attached hydrogen (secondary N) is 1. The third-order valence-electron chi connectivity index (χ3n) is 2.86. The van der Waals surface area contributed by atoms with Crippen molar-refractivity contribution < 1.29 is 9.90 Å². The number of hydrogen-bond donors (Lipinski definition) is 2. The summed E-state index contributed by atoms with van der Waals surface area (Å²) in [5.41, 5.74) is 3.03. The molecule has 0 unspecified atom stereocenters. The monoisotopic (exact) mass is 334 g/mol. The van der Waals surface area contributed by atoms with Gasteiger partial charge >= 0.3 is 0 Å². The van der Waals surface area contributed by atoms with Crippen molar-refractivity contribution in [2.45, 2.75) is 13.3 Å². The molecule has 0 radical (unpaired) electrons. The van der Waals surface area contributed by atoms with Crippen LogP contribution in [0.4, 0.5) is 5.69 Å². The van der Waals surface area contributed by atoms with Crippen LogP contribution in [0, 0.1) is 6.92 Å². The fraction of sp³-hybridized carbons (Fsp3) is 0.200. The van der Waals surface area contributed by atoms with Crippen molar-refractivity contribution in [1.29, 1.82) is 0 Å². The summed E-state index contributed by atoms with van der Waals surface area (Å²) in [6, 6.07) is 8.98. The number of nitrogens with zero attached hydrogens (tertiary/aromatic N) is 1. The molecule has 0 fully saturated rings. The van der Waals surface area contributed by atoms with Gasteiger partial charge in [-0.05, 0) is 42.8 Å². The summed E-state index contributed by atoms with van der Waals surface area (Å²) >= 11 is 3.42. The molecule has 1 heterocycles. The first-order valence-electron chi connectivity index (χ1n) is 6.23. The number of amides is 1. The van der Waals surface area contributed by atoms with Crippen LogP contribution >= 0.6 is 15.9 Å². The summed E-state index contributed by atoms with van der Waals surface area (Å²) in [6.45, 7) is 1.98. The van der Waals surface area contributed by atoms with Gasteiger partial charge in [0.15, 0.2) is 0 Å². The highest BCUT2D eigenvalue weighted by Gasteiger charge is 2.08. The van der Waals surface area contributed by atoms with Crippen molar-refractivity contribution in [3.05, 3.63) is 57.8 Å². The zero-order valence-corrected chi connectivity index (χ0v) is 12.6. The van der Waals surface area contributed by atoms with Crippen molar-refractivity contribution >= 4 is 27.5 Å².